The number of rotatable bonds is 4. The number of aryl methyl sites for hydroxylation is 1. The molecule has 0 aliphatic carbocycles. The molecule has 0 saturated heterocycles. The Hall–Kier alpha value is -2.73. The van der Waals surface area contributed by atoms with Gasteiger partial charge in [0.15, 0.2) is 0 Å². The van der Waals surface area contributed by atoms with Crippen molar-refractivity contribution >= 4 is 0 Å². The van der Waals surface area contributed by atoms with E-state index in [1.807, 2.05) is 19.2 Å². The molecule has 1 aromatic carbocycles. The minimum Gasteiger partial charge on any atom is -0.293 e. The first-order valence-electron chi connectivity index (χ1n) is 8.51. The van der Waals surface area contributed by atoms with Crippen LogP contribution in [0.2, 0.25) is 0 Å². The third-order valence-corrected chi connectivity index (χ3v) is 4.78. The van der Waals surface area contributed by atoms with Gasteiger partial charge >= 0.3 is 0 Å². The van der Waals surface area contributed by atoms with Gasteiger partial charge in [-0.2, -0.15) is 5.10 Å². The largest absolute Gasteiger partial charge is 0.293 e. The van der Waals surface area contributed by atoms with Gasteiger partial charge in [-0.15, -0.1) is 0 Å². The fraction of sp³-hybridized carbons (Fsp3) is 0.316. The molecule has 0 atom stereocenters. The van der Waals surface area contributed by atoms with Crippen LogP contribution in [0.25, 0.3) is 0 Å². The Kier molecular flexibility index (Phi) is 4.19. The van der Waals surface area contributed by atoms with E-state index in [-0.39, 0.29) is 5.56 Å². The fourth-order valence-corrected chi connectivity index (χ4v) is 3.33. The van der Waals surface area contributed by atoms with Gasteiger partial charge in [0.1, 0.15) is 0 Å². The fourth-order valence-electron chi connectivity index (χ4n) is 3.33. The van der Waals surface area contributed by atoms with E-state index in [1.165, 1.54) is 5.56 Å². The van der Waals surface area contributed by atoms with Crippen LogP contribution in [-0.2, 0) is 33.1 Å². The van der Waals surface area contributed by atoms with Crippen molar-refractivity contribution in [1.82, 2.24) is 24.2 Å². The molecule has 128 valence electrons. The maximum Gasteiger partial charge on any atom is 0.257 e. The summed E-state index contributed by atoms with van der Waals surface area (Å²) in [5.74, 6) is 0. The first kappa shape index (κ1) is 15.8. The van der Waals surface area contributed by atoms with Crippen LogP contribution < -0.4 is 5.56 Å². The van der Waals surface area contributed by atoms with Gasteiger partial charge in [0, 0.05) is 38.4 Å². The lowest BCUT2D eigenvalue weighted by molar-refractivity contribution is 0.239. The molecule has 0 saturated carbocycles. The molecule has 6 heteroatoms. The lowest BCUT2D eigenvalue weighted by Crippen LogP contribution is -2.37. The van der Waals surface area contributed by atoms with E-state index in [0.717, 1.165) is 43.0 Å². The highest BCUT2D eigenvalue weighted by Gasteiger charge is 2.21. The summed E-state index contributed by atoms with van der Waals surface area (Å²) in [5.41, 5.74) is 4.12. The monoisotopic (exact) mass is 335 g/mol. The molecule has 0 spiro atoms. The molecule has 4 rings (SSSR count). The number of aromatic nitrogens is 4. The summed E-state index contributed by atoms with van der Waals surface area (Å²) >= 11 is 0. The average Bonchev–Trinajstić information content (AvgIpc) is 3.03. The number of benzene rings is 1. The topological polar surface area (TPSA) is 56.0 Å². The Balaban J connectivity index is 1.53. The second-order valence-electron chi connectivity index (χ2n) is 6.50. The van der Waals surface area contributed by atoms with Gasteiger partial charge in [-0.05, 0) is 18.1 Å². The molecule has 0 N–H and O–H groups in total. The molecular formula is C19H21N5O. The van der Waals surface area contributed by atoms with E-state index in [0.29, 0.717) is 6.54 Å². The maximum atomic E-state index is 12.8. The highest BCUT2D eigenvalue weighted by Crippen LogP contribution is 2.16. The van der Waals surface area contributed by atoms with E-state index in [2.05, 4.69) is 39.2 Å². The van der Waals surface area contributed by atoms with Crippen LogP contribution in [-0.4, -0.2) is 30.8 Å². The Morgan fingerprint density at radius 1 is 1.12 bits per heavy atom. The van der Waals surface area contributed by atoms with Gasteiger partial charge in [-0.1, -0.05) is 30.3 Å². The second kappa shape index (κ2) is 6.64. The zero-order valence-electron chi connectivity index (χ0n) is 14.3. The summed E-state index contributed by atoms with van der Waals surface area (Å²) in [6.45, 7) is 3.00. The maximum absolute atomic E-state index is 12.8. The molecule has 0 fully saturated rings. The molecular weight excluding hydrogens is 314 g/mol. The standard InChI is InChI=1S/C19H21N5O/c1-22-16(7-9-21-22)12-24-14-20-18-13-23(10-8-17(18)19(24)25)11-15-5-3-2-4-6-15/h2-7,9,14H,8,10-13H2,1H3. The smallest absolute Gasteiger partial charge is 0.257 e. The molecule has 0 unspecified atom stereocenters. The van der Waals surface area contributed by atoms with Crippen LogP contribution in [0.3, 0.4) is 0 Å². The highest BCUT2D eigenvalue weighted by atomic mass is 16.1. The Bertz CT molecular complexity index is 928. The lowest BCUT2D eigenvalue weighted by Gasteiger charge is -2.27. The molecule has 6 nitrogen and oxygen atoms in total. The summed E-state index contributed by atoms with van der Waals surface area (Å²) in [7, 11) is 1.88. The van der Waals surface area contributed by atoms with Crippen molar-refractivity contribution in [3.05, 3.63) is 81.8 Å². The molecule has 3 heterocycles. The first-order valence-corrected chi connectivity index (χ1v) is 8.51. The third-order valence-electron chi connectivity index (χ3n) is 4.78. The minimum atomic E-state index is 0.0746. The summed E-state index contributed by atoms with van der Waals surface area (Å²) < 4.78 is 3.47. The molecule has 1 aliphatic heterocycles. The molecule has 2 aromatic heterocycles. The lowest BCUT2D eigenvalue weighted by atomic mass is 10.1. The Morgan fingerprint density at radius 2 is 1.96 bits per heavy atom. The normalized spacial score (nSPS) is 14.4. The molecule has 0 amide bonds. The van der Waals surface area contributed by atoms with Crippen molar-refractivity contribution in [2.24, 2.45) is 7.05 Å². The predicted molar refractivity (Wildman–Crippen MR) is 95.1 cm³/mol. The zero-order chi connectivity index (χ0) is 17.2. The van der Waals surface area contributed by atoms with Crippen molar-refractivity contribution in [1.29, 1.82) is 0 Å². The summed E-state index contributed by atoms with van der Waals surface area (Å²) in [6.07, 6.45) is 4.16. The Morgan fingerprint density at radius 3 is 2.72 bits per heavy atom. The van der Waals surface area contributed by atoms with Crippen LogP contribution in [0.4, 0.5) is 0 Å². The van der Waals surface area contributed by atoms with Crippen molar-refractivity contribution < 1.29 is 0 Å². The van der Waals surface area contributed by atoms with Crippen LogP contribution in [0, 0.1) is 0 Å². The van der Waals surface area contributed by atoms with E-state index < -0.39 is 0 Å². The number of nitrogens with zero attached hydrogens (tertiary/aromatic N) is 5. The third kappa shape index (κ3) is 3.25. The average molecular weight is 335 g/mol. The summed E-state index contributed by atoms with van der Waals surface area (Å²) in [6, 6.07) is 12.3. The van der Waals surface area contributed by atoms with Gasteiger partial charge < -0.3 is 0 Å². The van der Waals surface area contributed by atoms with E-state index in [4.69, 9.17) is 0 Å². The number of hydrogen-bond acceptors (Lipinski definition) is 4. The van der Waals surface area contributed by atoms with Gasteiger partial charge in [0.05, 0.1) is 24.3 Å². The highest BCUT2D eigenvalue weighted by molar-refractivity contribution is 5.22. The van der Waals surface area contributed by atoms with Crippen molar-refractivity contribution in [3.63, 3.8) is 0 Å². The van der Waals surface area contributed by atoms with Crippen molar-refractivity contribution in [3.8, 4) is 0 Å². The summed E-state index contributed by atoms with van der Waals surface area (Å²) in [5, 5.41) is 4.15. The Labute approximate surface area is 146 Å². The quantitative estimate of drug-likeness (QED) is 0.726. The number of hydrogen-bond donors (Lipinski definition) is 0. The zero-order valence-corrected chi connectivity index (χ0v) is 14.3. The molecule has 1 aliphatic rings. The predicted octanol–water partition coefficient (Wildman–Crippen LogP) is 1.58. The molecule has 0 radical (unpaired) electrons. The number of fused-ring (bicyclic) bond motifs is 1. The van der Waals surface area contributed by atoms with E-state index >= 15 is 0 Å². The second-order valence-corrected chi connectivity index (χ2v) is 6.50. The van der Waals surface area contributed by atoms with Crippen LogP contribution >= 0.6 is 0 Å². The van der Waals surface area contributed by atoms with Gasteiger partial charge in [0.25, 0.3) is 5.56 Å². The minimum absolute atomic E-state index is 0.0746. The van der Waals surface area contributed by atoms with Crippen molar-refractivity contribution in [2.45, 2.75) is 26.1 Å². The van der Waals surface area contributed by atoms with E-state index in [1.54, 1.807) is 21.8 Å². The van der Waals surface area contributed by atoms with E-state index in [9.17, 15) is 4.79 Å². The van der Waals surface area contributed by atoms with Crippen LogP contribution in [0.1, 0.15) is 22.5 Å². The molecule has 25 heavy (non-hydrogen) atoms. The van der Waals surface area contributed by atoms with Crippen LogP contribution in [0.5, 0.6) is 0 Å². The van der Waals surface area contributed by atoms with Gasteiger partial charge in [-0.3, -0.25) is 18.9 Å². The van der Waals surface area contributed by atoms with Gasteiger partial charge in [-0.25, -0.2) is 4.98 Å². The molecule has 3 aromatic rings. The van der Waals surface area contributed by atoms with Crippen molar-refractivity contribution in [2.75, 3.05) is 6.54 Å². The molecule has 0 bridgehead atoms. The first-order chi connectivity index (χ1) is 12.2. The van der Waals surface area contributed by atoms with Crippen LogP contribution in [0.15, 0.2) is 53.7 Å². The van der Waals surface area contributed by atoms with Gasteiger partial charge in [0.2, 0.25) is 0 Å². The summed E-state index contributed by atoms with van der Waals surface area (Å²) in [4.78, 5) is 19.7. The SMILES string of the molecule is Cn1nccc1Cn1cnc2c(c1=O)CCN(Cc1ccccc1)C2.